The summed E-state index contributed by atoms with van der Waals surface area (Å²) in [6, 6.07) is 13.9. The van der Waals surface area contributed by atoms with Crippen molar-refractivity contribution in [2.24, 2.45) is 0 Å². The number of hydrogen-bond donors (Lipinski definition) is 0. The molecule has 6 nitrogen and oxygen atoms in total. The predicted molar refractivity (Wildman–Crippen MR) is 119 cm³/mol. The SMILES string of the molecule is CCOc1cc(C#N)cc(Br)c1OCC(=O)N1CCN(Cc2cccc(C)c2)CC1. The number of nitriles is 1. The number of halogens is 1. The molecular formula is C23H26BrN3O3. The molecular weight excluding hydrogens is 446 g/mol. The van der Waals surface area contributed by atoms with Crippen LogP contribution in [0.25, 0.3) is 0 Å². The molecule has 1 aliphatic heterocycles. The zero-order chi connectivity index (χ0) is 21.5. The molecule has 1 aliphatic rings. The molecule has 0 saturated carbocycles. The van der Waals surface area contributed by atoms with Gasteiger partial charge in [0.2, 0.25) is 0 Å². The highest BCUT2D eigenvalue weighted by Gasteiger charge is 2.22. The van der Waals surface area contributed by atoms with Crippen LogP contribution in [0.1, 0.15) is 23.6 Å². The first-order valence-electron chi connectivity index (χ1n) is 10.0. The number of nitrogens with zero attached hydrogens (tertiary/aromatic N) is 3. The first-order chi connectivity index (χ1) is 14.5. The van der Waals surface area contributed by atoms with Gasteiger partial charge < -0.3 is 14.4 Å². The molecule has 0 aliphatic carbocycles. The van der Waals surface area contributed by atoms with E-state index in [-0.39, 0.29) is 12.5 Å². The average Bonchev–Trinajstić information content (AvgIpc) is 2.73. The molecule has 0 unspecified atom stereocenters. The van der Waals surface area contributed by atoms with Crippen LogP contribution in [0.5, 0.6) is 11.5 Å². The normalized spacial score (nSPS) is 14.3. The highest BCUT2D eigenvalue weighted by molar-refractivity contribution is 9.10. The van der Waals surface area contributed by atoms with Gasteiger partial charge in [-0.25, -0.2) is 0 Å². The zero-order valence-electron chi connectivity index (χ0n) is 17.4. The minimum atomic E-state index is -0.0670. The lowest BCUT2D eigenvalue weighted by Gasteiger charge is -2.34. The average molecular weight is 472 g/mol. The molecule has 1 fully saturated rings. The number of hydrogen-bond acceptors (Lipinski definition) is 5. The van der Waals surface area contributed by atoms with Crippen molar-refractivity contribution in [3.63, 3.8) is 0 Å². The van der Waals surface area contributed by atoms with Crippen molar-refractivity contribution in [3.8, 4) is 17.6 Å². The number of benzene rings is 2. The number of aryl methyl sites for hydroxylation is 1. The molecule has 0 N–H and O–H groups in total. The maximum Gasteiger partial charge on any atom is 0.260 e. The van der Waals surface area contributed by atoms with Crippen molar-refractivity contribution in [2.45, 2.75) is 20.4 Å². The summed E-state index contributed by atoms with van der Waals surface area (Å²) in [5, 5.41) is 9.13. The van der Waals surface area contributed by atoms with Crippen molar-refractivity contribution in [1.29, 1.82) is 5.26 Å². The summed E-state index contributed by atoms with van der Waals surface area (Å²) < 4.78 is 12.0. The number of piperazine rings is 1. The molecule has 2 aromatic rings. The fourth-order valence-corrected chi connectivity index (χ4v) is 4.04. The molecule has 30 heavy (non-hydrogen) atoms. The van der Waals surface area contributed by atoms with Crippen molar-refractivity contribution < 1.29 is 14.3 Å². The fourth-order valence-electron chi connectivity index (χ4n) is 3.48. The van der Waals surface area contributed by atoms with E-state index in [9.17, 15) is 4.79 Å². The van der Waals surface area contributed by atoms with Crippen LogP contribution in [0, 0.1) is 18.3 Å². The molecule has 0 aromatic heterocycles. The van der Waals surface area contributed by atoms with Crippen LogP contribution >= 0.6 is 15.9 Å². The summed E-state index contributed by atoms with van der Waals surface area (Å²) in [7, 11) is 0. The van der Waals surface area contributed by atoms with Gasteiger partial charge in [-0.3, -0.25) is 9.69 Å². The lowest BCUT2D eigenvalue weighted by Crippen LogP contribution is -2.49. The number of carbonyl (C=O) groups is 1. The van der Waals surface area contributed by atoms with Crippen LogP contribution in [-0.2, 0) is 11.3 Å². The Morgan fingerprint density at radius 3 is 2.60 bits per heavy atom. The van der Waals surface area contributed by atoms with Gasteiger partial charge in [-0.15, -0.1) is 0 Å². The molecule has 1 saturated heterocycles. The molecule has 1 heterocycles. The first kappa shape index (κ1) is 22.1. The van der Waals surface area contributed by atoms with Gasteiger partial charge in [0.15, 0.2) is 18.1 Å². The van der Waals surface area contributed by atoms with E-state index in [0.29, 0.717) is 41.2 Å². The Morgan fingerprint density at radius 1 is 1.17 bits per heavy atom. The lowest BCUT2D eigenvalue weighted by molar-refractivity contribution is -0.135. The maximum absolute atomic E-state index is 12.7. The molecule has 0 atom stereocenters. The Labute approximate surface area is 186 Å². The van der Waals surface area contributed by atoms with Gasteiger partial charge in [0.1, 0.15) is 0 Å². The van der Waals surface area contributed by atoms with Crippen molar-refractivity contribution in [3.05, 3.63) is 57.6 Å². The second-order valence-corrected chi connectivity index (χ2v) is 8.12. The summed E-state index contributed by atoms with van der Waals surface area (Å²) in [6.07, 6.45) is 0. The largest absolute Gasteiger partial charge is 0.490 e. The number of rotatable bonds is 7. The summed E-state index contributed by atoms with van der Waals surface area (Å²) in [5.74, 6) is 0.852. The predicted octanol–water partition coefficient (Wildman–Crippen LogP) is 3.75. The van der Waals surface area contributed by atoms with E-state index >= 15 is 0 Å². The van der Waals surface area contributed by atoms with E-state index < -0.39 is 0 Å². The van der Waals surface area contributed by atoms with E-state index in [1.165, 1.54) is 11.1 Å². The minimum Gasteiger partial charge on any atom is -0.490 e. The van der Waals surface area contributed by atoms with Gasteiger partial charge in [-0.1, -0.05) is 29.8 Å². The van der Waals surface area contributed by atoms with Crippen LogP contribution in [0.2, 0.25) is 0 Å². The third kappa shape index (κ3) is 5.74. The molecule has 2 aromatic carbocycles. The molecule has 1 amide bonds. The third-order valence-electron chi connectivity index (χ3n) is 4.99. The third-order valence-corrected chi connectivity index (χ3v) is 5.58. The zero-order valence-corrected chi connectivity index (χ0v) is 18.9. The van der Waals surface area contributed by atoms with Crippen LogP contribution < -0.4 is 9.47 Å². The van der Waals surface area contributed by atoms with E-state index in [4.69, 9.17) is 14.7 Å². The molecule has 0 bridgehead atoms. The minimum absolute atomic E-state index is 0.0519. The molecule has 7 heteroatoms. The van der Waals surface area contributed by atoms with Crippen LogP contribution in [0.15, 0.2) is 40.9 Å². The van der Waals surface area contributed by atoms with Gasteiger partial charge in [0.05, 0.1) is 22.7 Å². The quantitative estimate of drug-likeness (QED) is 0.614. The lowest BCUT2D eigenvalue weighted by atomic mass is 10.1. The Hall–Kier alpha value is -2.56. The Kier molecular flexibility index (Phi) is 7.72. The highest BCUT2D eigenvalue weighted by atomic mass is 79.9. The molecule has 0 radical (unpaired) electrons. The van der Waals surface area contributed by atoms with E-state index in [1.54, 1.807) is 12.1 Å². The summed E-state index contributed by atoms with van der Waals surface area (Å²) in [4.78, 5) is 16.9. The second-order valence-electron chi connectivity index (χ2n) is 7.26. The monoisotopic (exact) mass is 471 g/mol. The van der Waals surface area contributed by atoms with Crippen LogP contribution in [0.3, 0.4) is 0 Å². The summed E-state index contributed by atoms with van der Waals surface area (Å²) in [6.45, 7) is 8.27. The Morgan fingerprint density at radius 2 is 1.93 bits per heavy atom. The molecule has 0 spiro atoms. The van der Waals surface area contributed by atoms with Crippen molar-refractivity contribution in [2.75, 3.05) is 39.4 Å². The molecule has 158 valence electrons. The Bertz CT molecular complexity index is 934. The number of amides is 1. The maximum atomic E-state index is 12.7. The number of ether oxygens (including phenoxy) is 2. The van der Waals surface area contributed by atoms with E-state index in [1.807, 2.05) is 11.8 Å². The van der Waals surface area contributed by atoms with Gasteiger partial charge >= 0.3 is 0 Å². The summed E-state index contributed by atoms with van der Waals surface area (Å²) >= 11 is 3.41. The van der Waals surface area contributed by atoms with Crippen LogP contribution in [0.4, 0.5) is 0 Å². The summed E-state index contributed by atoms with van der Waals surface area (Å²) in [5.41, 5.74) is 3.03. The first-order valence-corrected chi connectivity index (χ1v) is 10.8. The van der Waals surface area contributed by atoms with Crippen molar-refractivity contribution >= 4 is 21.8 Å². The fraction of sp³-hybridized carbons (Fsp3) is 0.391. The number of carbonyl (C=O) groups excluding carboxylic acids is 1. The smallest absolute Gasteiger partial charge is 0.260 e. The van der Waals surface area contributed by atoms with Gasteiger partial charge in [0.25, 0.3) is 5.91 Å². The van der Waals surface area contributed by atoms with E-state index in [2.05, 4.69) is 58.1 Å². The highest BCUT2D eigenvalue weighted by Crippen LogP contribution is 2.36. The van der Waals surface area contributed by atoms with E-state index in [0.717, 1.165) is 19.6 Å². The van der Waals surface area contributed by atoms with Crippen molar-refractivity contribution in [1.82, 2.24) is 9.80 Å². The molecule has 3 rings (SSSR count). The van der Waals surface area contributed by atoms with Crippen LogP contribution in [-0.4, -0.2) is 55.1 Å². The van der Waals surface area contributed by atoms with Gasteiger partial charge in [0, 0.05) is 38.8 Å². The second kappa shape index (κ2) is 10.5. The standard InChI is InChI=1S/C23H26BrN3O3/c1-3-29-21-13-19(14-25)12-20(24)23(21)30-16-22(28)27-9-7-26(8-10-27)15-18-6-4-5-17(2)11-18/h4-6,11-13H,3,7-10,15-16H2,1-2H3. The van der Waals surface area contributed by atoms with Gasteiger partial charge in [-0.2, -0.15) is 5.26 Å². The Balaban J connectivity index is 1.53. The van der Waals surface area contributed by atoms with Gasteiger partial charge in [-0.05, 0) is 41.4 Å². The topological polar surface area (TPSA) is 65.8 Å².